The molecule has 0 amide bonds. The zero-order valence-corrected chi connectivity index (χ0v) is 13.0. The van der Waals surface area contributed by atoms with Crippen molar-refractivity contribution in [2.24, 2.45) is 0 Å². The molecule has 1 atom stereocenters. The molecule has 1 N–H and O–H groups in total. The summed E-state index contributed by atoms with van der Waals surface area (Å²) in [5.74, 6) is 0. The van der Waals surface area contributed by atoms with Crippen LogP contribution in [-0.4, -0.2) is 9.55 Å². The Morgan fingerprint density at radius 1 is 1.26 bits per heavy atom. The van der Waals surface area contributed by atoms with Gasteiger partial charge in [0.15, 0.2) is 4.77 Å². The van der Waals surface area contributed by atoms with Gasteiger partial charge in [-0.25, -0.2) is 0 Å². The van der Waals surface area contributed by atoms with Crippen molar-refractivity contribution in [3.63, 3.8) is 0 Å². The Hall–Kier alpha value is -1.09. The summed E-state index contributed by atoms with van der Waals surface area (Å²) in [6, 6.07) is 6.98. The third kappa shape index (κ3) is 3.27. The van der Waals surface area contributed by atoms with Crippen molar-refractivity contribution in [2.45, 2.75) is 58.9 Å². The molecule has 2 rings (SSSR count). The number of H-pyrrole nitrogens is 1. The molecule has 0 bridgehead atoms. The first-order chi connectivity index (χ1) is 9.13. The minimum atomic E-state index is 0.473. The molecule has 1 aromatic heterocycles. The number of nitrogens with zero attached hydrogens (tertiary/aromatic N) is 1. The second-order valence-corrected chi connectivity index (χ2v) is 5.91. The van der Waals surface area contributed by atoms with Crippen molar-refractivity contribution in [1.82, 2.24) is 9.55 Å². The van der Waals surface area contributed by atoms with Crippen molar-refractivity contribution in [3.05, 3.63) is 28.5 Å². The van der Waals surface area contributed by atoms with E-state index in [0.29, 0.717) is 6.04 Å². The molecular weight excluding hydrogens is 252 g/mol. The summed E-state index contributed by atoms with van der Waals surface area (Å²) in [5.41, 5.74) is 3.66. The van der Waals surface area contributed by atoms with E-state index in [1.54, 1.807) is 0 Å². The molecule has 0 aliphatic carbocycles. The second-order valence-electron chi connectivity index (χ2n) is 5.52. The molecule has 0 aliphatic heterocycles. The number of hydrogen-bond acceptors (Lipinski definition) is 1. The average molecular weight is 276 g/mol. The number of fused-ring (bicyclic) bond motifs is 1. The minimum absolute atomic E-state index is 0.473. The fourth-order valence-corrected chi connectivity index (χ4v) is 3.07. The third-order valence-electron chi connectivity index (χ3n) is 3.79. The fraction of sp³-hybridized carbons (Fsp3) is 0.562. The maximum Gasteiger partial charge on any atom is 0.178 e. The van der Waals surface area contributed by atoms with Gasteiger partial charge < -0.3 is 9.55 Å². The number of rotatable bonds is 6. The molecule has 1 aromatic carbocycles. The van der Waals surface area contributed by atoms with Crippen molar-refractivity contribution in [3.8, 4) is 0 Å². The SMILES string of the molecule is CCCCCCC(C)n1c(=S)[nH]c2cc(C)ccc21. The average Bonchev–Trinajstić information content (AvgIpc) is 2.69. The summed E-state index contributed by atoms with van der Waals surface area (Å²) in [4.78, 5) is 3.33. The quantitative estimate of drug-likeness (QED) is 0.542. The maximum absolute atomic E-state index is 5.48. The largest absolute Gasteiger partial charge is 0.331 e. The number of benzene rings is 1. The van der Waals surface area contributed by atoms with Gasteiger partial charge in [-0.05, 0) is 50.2 Å². The molecule has 3 heteroatoms. The summed E-state index contributed by atoms with van der Waals surface area (Å²) >= 11 is 5.48. The van der Waals surface area contributed by atoms with E-state index in [0.717, 1.165) is 10.3 Å². The molecule has 0 fully saturated rings. The van der Waals surface area contributed by atoms with Crippen molar-refractivity contribution >= 4 is 23.3 Å². The van der Waals surface area contributed by atoms with Crippen LogP contribution in [0.15, 0.2) is 18.2 Å². The van der Waals surface area contributed by atoms with Crippen LogP contribution in [0.5, 0.6) is 0 Å². The normalized spacial score (nSPS) is 13.0. The highest BCUT2D eigenvalue weighted by molar-refractivity contribution is 7.71. The molecule has 0 radical (unpaired) electrons. The fourth-order valence-electron chi connectivity index (χ4n) is 2.68. The molecular formula is C16H24N2S. The topological polar surface area (TPSA) is 20.7 Å². The number of nitrogens with one attached hydrogen (secondary N) is 1. The molecule has 2 aromatic rings. The van der Waals surface area contributed by atoms with Gasteiger partial charge in [-0.2, -0.15) is 0 Å². The number of imidazole rings is 1. The molecule has 2 nitrogen and oxygen atoms in total. The van der Waals surface area contributed by atoms with Crippen LogP contribution in [0.25, 0.3) is 11.0 Å². The van der Waals surface area contributed by atoms with E-state index in [1.165, 1.54) is 43.2 Å². The molecule has 1 unspecified atom stereocenters. The van der Waals surface area contributed by atoms with Gasteiger partial charge in [-0.15, -0.1) is 0 Å². The number of hydrogen-bond donors (Lipinski definition) is 1. The van der Waals surface area contributed by atoms with Crippen molar-refractivity contribution < 1.29 is 0 Å². The lowest BCUT2D eigenvalue weighted by atomic mass is 10.1. The molecule has 0 spiro atoms. The molecule has 19 heavy (non-hydrogen) atoms. The van der Waals surface area contributed by atoms with Gasteiger partial charge >= 0.3 is 0 Å². The van der Waals surface area contributed by atoms with Crippen LogP contribution < -0.4 is 0 Å². The predicted octanol–water partition coefficient (Wildman–Crippen LogP) is 5.54. The Kier molecular flexibility index (Phi) is 4.81. The van der Waals surface area contributed by atoms with Gasteiger partial charge in [0.25, 0.3) is 0 Å². The van der Waals surface area contributed by atoms with Crippen LogP contribution in [0.1, 0.15) is 57.6 Å². The Morgan fingerprint density at radius 2 is 2.05 bits per heavy atom. The van der Waals surface area contributed by atoms with E-state index in [2.05, 4.69) is 48.5 Å². The highest BCUT2D eigenvalue weighted by Gasteiger charge is 2.10. The van der Waals surface area contributed by atoms with Crippen LogP contribution in [0, 0.1) is 11.7 Å². The first-order valence-corrected chi connectivity index (χ1v) is 7.75. The van der Waals surface area contributed by atoms with Crippen LogP contribution in [0.4, 0.5) is 0 Å². The van der Waals surface area contributed by atoms with Gasteiger partial charge in [0.1, 0.15) is 0 Å². The van der Waals surface area contributed by atoms with Crippen LogP contribution >= 0.6 is 12.2 Å². The van der Waals surface area contributed by atoms with E-state index in [1.807, 2.05) is 0 Å². The first-order valence-electron chi connectivity index (χ1n) is 7.34. The molecule has 0 saturated heterocycles. The van der Waals surface area contributed by atoms with E-state index < -0.39 is 0 Å². The van der Waals surface area contributed by atoms with Gasteiger partial charge in [0.2, 0.25) is 0 Å². The van der Waals surface area contributed by atoms with Gasteiger partial charge in [-0.3, -0.25) is 0 Å². The Balaban J connectivity index is 2.19. The zero-order chi connectivity index (χ0) is 13.8. The molecule has 0 aliphatic rings. The molecule has 104 valence electrons. The highest BCUT2D eigenvalue weighted by atomic mass is 32.1. The summed E-state index contributed by atoms with van der Waals surface area (Å²) in [6.07, 6.45) is 6.45. The number of aromatic amines is 1. The Bertz CT molecular complexity index is 594. The van der Waals surface area contributed by atoms with E-state index in [9.17, 15) is 0 Å². The van der Waals surface area contributed by atoms with Gasteiger partial charge in [-0.1, -0.05) is 38.7 Å². The molecule has 1 heterocycles. The van der Waals surface area contributed by atoms with Crippen LogP contribution in [0.2, 0.25) is 0 Å². The lowest BCUT2D eigenvalue weighted by molar-refractivity contribution is 0.478. The van der Waals surface area contributed by atoms with Gasteiger partial charge in [0.05, 0.1) is 11.0 Å². The smallest absolute Gasteiger partial charge is 0.178 e. The van der Waals surface area contributed by atoms with E-state index >= 15 is 0 Å². The maximum atomic E-state index is 5.48. The van der Waals surface area contributed by atoms with E-state index in [-0.39, 0.29) is 0 Å². The monoisotopic (exact) mass is 276 g/mol. The van der Waals surface area contributed by atoms with Crippen LogP contribution in [0.3, 0.4) is 0 Å². The summed E-state index contributed by atoms with van der Waals surface area (Å²) in [5, 5.41) is 0. The second kappa shape index (κ2) is 6.38. The van der Waals surface area contributed by atoms with Crippen molar-refractivity contribution in [2.75, 3.05) is 0 Å². The Morgan fingerprint density at radius 3 is 2.79 bits per heavy atom. The Labute approximate surface area is 120 Å². The van der Waals surface area contributed by atoms with Crippen molar-refractivity contribution in [1.29, 1.82) is 0 Å². The number of aromatic nitrogens is 2. The van der Waals surface area contributed by atoms with Crippen LogP contribution in [-0.2, 0) is 0 Å². The third-order valence-corrected chi connectivity index (χ3v) is 4.09. The summed E-state index contributed by atoms with van der Waals surface area (Å²) in [6.45, 7) is 6.64. The number of unbranched alkanes of at least 4 members (excludes halogenated alkanes) is 3. The standard InChI is InChI=1S/C16H24N2S/c1-4-5-6-7-8-13(3)18-15-10-9-12(2)11-14(15)17-16(18)19/h9-11,13H,4-8H2,1-3H3,(H,17,19). The predicted molar refractivity (Wildman–Crippen MR) is 85.3 cm³/mol. The summed E-state index contributed by atoms with van der Waals surface area (Å²) in [7, 11) is 0. The zero-order valence-electron chi connectivity index (χ0n) is 12.2. The first kappa shape index (κ1) is 14.3. The number of aryl methyl sites for hydroxylation is 1. The molecule has 0 saturated carbocycles. The van der Waals surface area contributed by atoms with Gasteiger partial charge in [0, 0.05) is 6.04 Å². The lowest BCUT2D eigenvalue weighted by Crippen LogP contribution is -2.05. The summed E-state index contributed by atoms with van der Waals surface area (Å²) < 4.78 is 3.12. The van der Waals surface area contributed by atoms with E-state index in [4.69, 9.17) is 12.2 Å². The minimum Gasteiger partial charge on any atom is -0.331 e. The highest BCUT2D eigenvalue weighted by Crippen LogP contribution is 2.23. The lowest BCUT2D eigenvalue weighted by Gasteiger charge is -2.14.